The summed E-state index contributed by atoms with van der Waals surface area (Å²) in [7, 11) is 1.33. The fourth-order valence-corrected chi connectivity index (χ4v) is 3.78. The van der Waals surface area contributed by atoms with Gasteiger partial charge in [-0.15, -0.1) is 0 Å². The zero-order chi connectivity index (χ0) is 19.2. The van der Waals surface area contributed by atoms with E-state index in [0.717, 1.165) is 19.3 Å². The summed E-state index contributed by atoms with van der Waals surface area (Å²) in [5.41, 5.74) is 1.19. The van der Waals surface area contributed by atoms with Gasteiger partial charge in [0.15, 0.2) is 0 Å². The van der Waals surface area contributed by atoms with Crippen LogP contribution in [-0.2, 0) is 20.7 Å². The summed E-state index contributed by atoms with van der Waals surface area (Å²) in [4.78, 5) is 42.3. The number of carbonyl (C=O) groups is 3. The van der Waals surface area contributed by atoms with Gasteiger partial charge in [-0.05, 0) is 31.2 Å². The lowest BCUT2D eigenvalue weighted by atomic mass is 10.0. The molecular weight excluding hydrogens is 346 g/mol. The topological polar surface area (TPSA) is 70.2 Å². The number of amides is 3. The molecule has 1 atom stereocenters. The Labute approximate surface area is 159 Å². The van der Waals surface area contributed by atoms with Gasteiger partial charge in [-0.1, -0.05) is 30.3 Å². The highest BCUT2D eigenvalue weighted by molar-refractivity contribution is 5.90. The highest BCUT2D eigenvalue weighted by atomic mass is 16.5. The van der Waals surface area contributed by atoms with Crippen LogP contribution in [0.5, 0.6) is 0 Å². The predicted octanol–water partition coefficient (Wildman–Crippen LogP) is 1.52. The number of rotatable bonds is 4. The lowest BCUT2D eigenvalue weighted by molar-refractivity contribution is -0.148. The van der Waals surface area contributed by atoms with E-state index in [1.54, 1.807) is 4.90 Å². The number of carbonyl (C=O) groups excluding carboxylic acids is 3. The molecule has 3 rings (SSSR count). The summed E-state index contributed by atoms with van der Waals surface area (Å²) < 4.78 is 4.81. The van der Waals surface area contributed by atoms with E-state index in [0.29, 0.717) is 32.6 Å². The van der Waals surface area contributed by atoms with Crippen LogP contribution in [0.1, 0.15) is 24.8 Å². The Balaban J connectivity index is 1.55. The maximum atomic E-state index is 12.9. The zero-order valence-electron chi connectivity index (χ0n) is 15.8. The molecule has 2 heterocycles. The van der Waals surface area contributed by atoms with Crippen LogP contribution in [0.2, 0.25) is 0 Å². The number of benzene rings is 1. The second kappa shape index (κ2) is 8.88. The molecular formula is C20H27N3O4. The Hall–Kier alpha value is -2.57. The Morgan fingerprint density at radius 1 is 1.11 bits per heavy atom. The summed E-state index contributed by atoms with van der Waals surface area (Å²) in [6.07, 6.45) is 2.72. The molecule has 2 fully saturated rings. The quantitative estimate of drug-likeness (QED) is 0.802. The molecule has 2 aliphatic heterocycles. The molecule has 1 aromatic carbocycles. The molecule has 0 spiro atoms. The fraction of sp³-hybridized carbons (Fsp3) is 0.550. The van der Waals surface area contributed by atoms with Gasteiger partial charge in [-0.25, -0.2) is 4.79 Å². The molecule has 0 aromatic heterocycles. The number of piperazine rings is 1. The van der Waals surface area contributed by atoms with Crippen molar-refractivity contribution in [2.45, 2.75) is 31.7 Å². The average molecular weight is 373 g/mol. The number of hydrogen-bond donors (Lipinski definition) is 0. The van der Waals surface area contributed by atoms with Gasteiger partial charge in [-0.3, -0.25) is 14.5 Å². The second-order valence-corrected chi connectivity index (χ2v) is 7.05. The summed E-state index contributed by atoms with van der Waals surface area (Å²) in [5.74, 6) is -0.179. The van der Waals surface area contributed by atoms with Crippen LogP contribution in [0.25, 0.3) is 0 Å². The number of methoxy groups -OCH3 is 1. The summed E-state index contributed by atoms with van der Waals surface area (Å²) in [6.45, 7) is 2.29. The van der Waals surface area contributed by atoms with E-state index in [1.807, 2.05) is 23.1 Å². The Kier molecular flexibility index (Phi) is 6.32. The molecule has 0 bridgehead atoms. The first-order valence-corrected chi connectivity index (χ1v) is 9.55. The van der Waals surface area contributed by atoms with Crippen molar-refractivity contribution in [3.8, 4) is 0 Å². The maximum absolute atomic E-state index is 12.9. The van der Waals surface area contributed by atoms with Crippen molar-refractivity contribution in [3.63, 3.8) is 0 Å². The summed E-state index contributed by atoms with van der Waals surface area (Å²) >= 11 is 0. The van der Waals surface area contributed by atoms with E-state index in [1.165, 1.54) is 17.6 Å². The van der Waals surface area contributed by atoms with Gasteiger partial charge < -0.3 is 14.5 Å². The first-order valence-electron chi connectivity index (χ1n) is 9.55. The molecule has 7 nitrogen and oxygen atoms in total. The Bertz CT molecular complexity index is 679. The lowest BCUT2D eigenvalue weighted by Gasteiger charge is -2.39. The highest BCUT2D eigenvalue weighted by Gasteiger charge is 2.37. The van der Waals surface area contributed by atoms with E-state index < -0.39 is 12.1 Å². The fourth-order valence-electron chi connectivity index (χ4n) is 3.78. The third kappa shape index (κ3) is 4.59. The van der Waals surface area contributed by atoms with Crippen LogP contribution in [0, 0.1) is 0 Å². The lowest BCUT2D eigenvalue weighted by Crippen LogP contribution is -2.58. The minimum Gasteiger partial charge on any atom is -0.453 e. The van der Waals surface area contributed by atoms with Gasteiger partial charge in [0.1, 0.15) is 6.04 Å². The molecule has 1 aromatic rings. The van der Waals surface area contributed by atoms with Gasteiger partial charge in [-0.2, -0.15) is 0 Å². The number of ether oxygens (including phenoxy) is 1. The molecule has 146 valence electrons. The number of piperidine rings is 1. The van der Waals surface area contributed by atoms with E-state index in [-0.39, 0.29) is 18.4 Å². The third-order valence-electron chi connectivity index (χ3n) is 5.34. The molecule has 27 heavy (non-hydrogen) atoms. The predicted molar refractivity (Wildman–Crippen MR) is 100 cm³/mol. The molecule has 1 unspecified atom stereocenters. The highest BCUT2D eigenvalue weighted by Crippen LogP contribution is 2.21. The Morgan fingerprint density at radius 2 is 1.89 bits per heavy atom. The van der Waals surface area contributed by atoms with Crippen LogP contribution < -0.4 is 0 Å². The standard InChI is InChI=1S/C20H27N3O4/c1-27-20(26)23-11-6-5-9-17(23)19(25)22-14-13-21(18(24)15-22)12-10-16-7-3-2-4-8-16/h2-4,7-8,17H,5-6,9-15H2,1H3. The third-order valence-corrected chi connectivity index (χ3v) is 5.34. The molecule has 0 radical (unpaired) electrons. The van der Waals surface area contributed by atoms with Crippen LogP contribution in [0.3, 0.4) is 0 Å². The molecule has 2 aliphatic rings. The van der Waals surface area contributed by atoms with E-state index >= 15 is 0 Å². The molecule has 0 saturated carbocycles. The van der Waals surface area contributed by atoms with Gasteiger partial charge in [0, 0.05) is 26.2 Å². The smallest absolute Gasteiger partial charge is 0.410 e. The minimum absolute atomic E-state index is 0.0361. The van der Waals surface area contributed by atoms with E-state index in [4.69, 9.17) is 4.74 Å². The molecule has 0 aliphatic carbocycles. The van der Waals surface area contributed by atoms with Gasteiger partial charge >= 0.3 is 6.09 Å². The monoisotopic (exact) mass is 373 g/mol. The zero-order valence-corrected chi connectivity index (χ0v) is 15.8. The number of hydrogen-bond acceptors (Lipinski definition) is 4. The number of likely N-dealkylation sites (tertiary alicyclic amines) is 1. The summed E-state index contributed by atoms with van der Waals surface area (Å²) in [5, 5.41) is 0. The van der Waals surface area contributed by atoms with Crippen molar-refractivity contribution in [2.75, 3.05) is 39.8 Å². The normalized spacial score (nSPS) is 20.6. The molecule has 0 N–H and O–H groups in total. The number of nitrogens with zero attached hydrogens (tertiary/aromatic N) is 3. The van der Waals surface area contributed by atoms with Crippen molar-refractivity contribution in [3.05, 3.63) is 35.9 Å². The van der Waals surface area contributed by atoms with Crippen molar-refractivity contribution in [1.82, 2.24) is 14.7 Å². The molecule has 3 amide bonds. The van der Waals surface area contributed by atoms with Crippen molar-refractivity contribution >= 4 is 17.9 Å². The van der Waals surface area contributed by atoms with E-state index in [2.05, 4.69) is 12.1 Å². The van der Waals surface area contributed by atoms with Crippen molar-refractivity contribution < 1.29 is 19.1 Å². The van der Waals surface area contributed by atoms with Gasteiger partial charge in [0.25, 0.3) is 0 Å². The second-order valence-electron chi connectivity index (χ2n) is 7.05. The van der Waals surface area contributed by atoms with Crippen molar-refractivity contribution in [2.24, 2.45) is 0 Å². The summed E-state index contributed by atoms with van der Waals surface area (Å²) in [6, 6.07) is 9.54. The molecule has 2 saturated heterocycles. The van der Waals surface area contributed by atoms with E-state index in [9.17, 15) is 14.4 Å². The first-order chi connectivity index (χ1) is 13.1. The van der Waals surface area contributed by atoms with Crippen LogP contribution in [-0.4, -0.2) is 78.5 Å². The van der Waals surface area contributed by atoms with Crippen molar-refractivity contribution in [1.29, 1.82) is 0 Å². The van der Waals surface area contributed by atoms with Crippen LogP contribution in [0.4, 0.5) is 4.79 Å². The Morgan fingerprint density at radius 3 is 2.59 bits per heavy atom. The van der Waals surface area contributed by atoms with Crippen LogP contribution in [0.15, 0.2) is 30.3 Å². The minimum atomic E-state index is -0.519. The largest absolute Gasteiger partial charge is 0.453 e. The van der Waals surface area contributed by atoms with Gasteiger partial charge in [0.05, 0.1) is 13.7 Å². The average Bonchev–Trinajstić information content (AvgIpc) is 2.72. The first kappa shape index (κ1) is 19.2. The van der Waals surface area contributed by atoms with Crippen LogP contribution >= 0.6 is 0 Å². The molecule has 7 heteroatoms. The van der Waals surface area contributed by atoms with Gasteiger partial charge in [0.2, 0.25) is 11.8 Å². The maximum Gasteiger partial charge on any atom is 0.410 e. The SMILES string of the molecule is COC(=O)N1CCCCC1C(=O)N1CCN(CCc2ccccc2)C(=O)C1.